The van der Waals surface area contributed by atoms with Crippen molar-refractivity contribution in [1.82, 2.24) is 9.88 Å². The number of hydrogen-bond acceptors (Lipinski definition) is 3. The van der Waals surface area contributed by atoms with E-state index in [1.165, 1.54) is 0 Å². The molecule has 0 aliphatic rings. The van der Waals surface area contributed by atoms with Gasteiger partial charge in [-0.3, -0.25) is 9.69 Å². The van der Waals surface area contributed by atoms with Crippen LogP contribution in [0.5, 0.6) is 0 Å². The quantitative estimate of drug-likeness (QED) is 0.569. The predicted molar refractivity (Wildman–Crippen MR) is 73.2 cm³/mol. The van der Waals surface area contributed by atoms with Crippen LogP contribution in [-0.2, 0) is 4.74 Å². The summed E-state index contributed by atoms with van der Waals surface area (Å²) in [5.74, 6) is 0.176. The van der Waals surface area contributed by atoms with Crippen molar-refractivity contribution in [2.45, 2.75) is 27.7 Å². The first-order valence-electron chi connectivity index (χ1n) is 6.58. The lowest BCUT2D eigenvalue weighted by Gasteiger charge is -2.19. The first-order valence-corrected chi connectivity index (χ1v) is 6.58. The van der Waals surface area contributed by atoms with Crippen LogP contribution in [-0.4, -0.2) is 48.5 Å². The van der Waals surface area contributed by atoms with E-state index in [9.17, 15) is 4.79 Å². The third-order valence-electron chi connectivity index (χ3n) is 3.02. The molecule has 0 bridgehead atoms. The SMILES string of the molecule is CCOCCN(CC)CC(=O)c1cc(C)[nH]c1C. The van der Waals surface area contributed by atoms with Crippen LogP contribution in [0.3, 0.4) is 0 Å². The largest absolute Gasteiger partial charge is 0.380 e. The lowest BCUT2D eigenvalue weighted by atomic mass is 10.1. The summed E-state index contributed by atoms with van der Waals surface area (Å²) in [6.07, 6.45) is 0. The summed E-state index contributed by atoms with van der Waals surface area (Å²) < 4.78 is 5.32. The van der Waals surface area contributed by atoms with E-state index in [1.54, 1.807) is 0 Å². The maximum absolute atomic E-state index is 12.2. The Kier molecular flexibility index (Phi) is 6.09. The van der Waals surface area contributed by atoms with Crippen LogP contribution in [0.4, 0.5) is 0 Å². The van der Waals surface area contributed by atoms with Crippen LogP contribution in [0.25, 0.3) is 0 Å². The number of likely N-dealkylation sites (N-methyl/N-ethyl adjacent to an activating group) is 1. The van der Waals surface area contributed by atoms with E-state index in [2.05, 4.69) is 16.8 Å². The summed E-state index contributed by atoms with van der Waals surface area (Å²) in [6.45, 7) is 11.5. The number of hydrogen-bond donors (Lipinski definition) is 1. The highest BCUT2D eigenvalue weighted by Gasteiger charge is 2.14. The topological polar surface area (TPSA) is 45.3 Å². The minimum absolute atomic E-state index is 0.176. The molecule has 4 nitrogen and oxygen atoms in total. The van der Waals surface area contributed by atoms with Crippen LogP contribution in [0.2, 0.25) is 0 Å². The molecule has 0 radical (unpaired) electrons. The molecule has 0 aliphatic carbocycles. The fraction of sp³-hybridized carbons (Fsp3) is 0.643. The van der Waals surface area contributed by atoms with Gasteiger partial charge >= 0.3 is 0 Å². The number of rotatable bonds is 8. The summed E-state index contributed by atoms with van der Waals surface area (Å²) in [6, 6.07) is 1.92. The van der Waals surface area contributed by atoms with Gasteiger partial charge in [0.15, 0.2) is 5.78 Å². The Morgan fingerprint density at radius 1 is 1.39 bits per heavy atom. The first-order chi connectivity index (χ1) is 8.58. The van der Waals surface area contributed by atoms with Gasteiger partial charge in [0.05, 0.1) is 13.2 Å². The molecule has 0 atom stereocenters. The van der Waals surface area contributed by atoms with Crippen LogP contribution in [0, 0.1) is 13.8 Å². The minimum Gasteiger partial charge on any atom is -0.380 e. The van der Waals surface area contributed by atoms with E-state index < -0.39 is 0 Å². The molecule has 0 spiro atoms. The number of aromatic amines is 1. The molecule has 102 valence electrons. The van der Waals surface area contributed by atoms with Crippen molar-refractivity contribution in [1.29, 1.82) is 0 Å². The monoisotopic (exact) mass is 252 g/mol. The zero-order chi connectivity index (χ0) is 13.5. The predicted octanol–water partition coefficient (Wildman–Crippen LogP) is 2.17. The Morgan fingerprint density at radius 3 is 2.61 bits per heavy atom. The maximum atomic E-state index is 12.2. The second-order valence-corrected chi connectivity index (χ2v) is 4.48. The van der Waals surface area contributed by atoms with E-state index >= 15 is 0 Å². The van der Waals surface area contributed by atoms with Crippen molar-refractivity contribution < 1.29 is 9.53 Å². The summed E-state index contributed by atoms with van der Waals surface area (Å²) in [4.78, 5) is 17.5. The Bertz CT molecular complexity index is 385. The Hall–Kier alpha value is -1.13. The molecule has 0 amide bonds. The van der Waals surface area contributed by atoms with Gasteiger partial charge in [0.1, 0.15) is 0 Å². The summed E-state index contributed by atoms with van der Waals surface area (Å²) in [5, 5.41) is 0. The lowest BCUT2D eigenvalue weighted by Crippen LogP contribution is -2.32. The van der Waals surface area contributed by atoms with Gasteiger partial charge in [-0.1, -0.05) is 6.92 Å². The highest BCUT2D eigenvalue weighted by molar-refractivity contribution is 5.98. The van der Waals surface area contributed by atoms with E-state index in [0.29, 0.717) is 13.2 Å². The molecular formula is C14H24N2O2. The molecule has 0 aromatic carbocycles. The number of nitrogens with one attached hydrogen (secondary N) is 1. The van der Waals surface area contributed by atoms with Gasteiger partial charge in [0, 0.05) is 30.1 Å². The number of carbonyl (C=O) groups is 1. The molecule has 1 aromatic heterocycles. The smallest absolute Gasteiger partial charge is 0.178 e. The molecule has 1 rings (SSSR count). The molecule has 18 heavy (non-hydrogen) atoms. The first kappa shape index (κ1) is 14.9. The van der Waals surface area contributed by atoms with Gasteiger partial charge in [-0.2, -0.15) is 0 Å². The van der Waals surface area contributed by atoms with Gasteiger partial charge in [0.2, 0.25) is 0 Å². The molecule has 0 saturated heterocycles. The fourth-order valence-corrected chi connectivity index (χ4v) is 1.99. The molecular weight excluding hydrogens is 228 g/mol. The second-order valence-electron chi connectivity index (χ2n) is 4.48. The van der Waals surface area contributed by atoms with Crippen LogP contribution in [0.15, 0.2) is 6.07 Å². The molecule has 0 fully saturated rings. The normalized spacial score (nSPS) is 11.2. The third kappa shape index (κ3) is 4.27. The highest BCUT2D eigenvalue weighted by Crippen LogP contribution is 2.10. The van der Waals surface area contributed by atoms with Gasteiger partial charge in [-0.05, 0) is 33.4 Å². The summed E-state index contributed by atoms with van der Waals surface area (Å²) in [5.41, 5.74) is 2.80. The summed E-state index contributed by atoms with van der Waals surface area (Å²) >= 11 is 0. The molecule has 1 heterocycles. The Morgan fingerprint density at radius 2 is 2.11 bits per heavy atom. The number of aromatic nitrogens is 1. The molecule has 0 saturated carbocycles. The number of H-pyrrole nitrogens is 1. The number of carbonyl (C=O) groups excluding carboxylic acids is 1. The standard InChI is InChI=1S/C14H24N2O2/c1-5-16(7-8-18-6-2)10-14(17)13-9-11(3)15-12(13)4/h9,15H,5-8,10H2,1-4H3. The zero-order valence-electron chi connectivity index (χ0n) is 11.9. The van der Waals surface area contributed by atoms with E-state index in [1.807, 2.05) is 26.8 Å². The Balaban J connectivity index is 2.54. The zero-order valence-corrected chi connectivity index (χ0v) is 11.9. The van der Waals surface area contributed by atoms with Gasteiger partial charge in [0.25, 0.3) is 0 Å². The number of aryl methyl sites for hydroxylation is 2. The van der Waals surface area contributed by atoms with Crippen LogP contribution >= 0.6 is 0 Å². The second kappa shape index (κ2) is 7.34. The molecule has 1 N–H and O–H groups in total. The fourth-order valence-electron chi connectivity index (χ4n) is 1.99. The number of ketones is 1. The van der Waals surface area contributed by atoms with E-state index in [4.69, 9.17) is 4.74 Å². The number of ether oxygens (including phenoxy) is 1. The Labute approximate surface area is 109 Å². The van der Waals surface area contributed by atoms with Crippen LogP contribution < -0.4 is 0 Å². The average Bonchev–Trinajstić information content (AvgIpc) is 2.67. The van der Waals surface area contributed by atoms with Crippen molar-refractivity contribution in [2.24, 2.45) is 0 Å². The number of Topliss-reactive ketones (excluding diaryl/α,β-unsaturated/α-hetero) is 1. The van der Waals surface area contributed by atoms with Crippen LogP contribution in [0.1, 0.15) is 35.6 Å². The molecule has 4 heteroatoms. The maximum Gasteiger partial charge on any atom is 0.178 e. The number of nitrogens with zero attached hydrogens (tertiary/aromatic N) is 1. The average molecular weight is 252 g/mol. The molecule has 1 aromatic rings. The molecule has 0 aliphatic heterocycles. The minimum atomic E-state index is 0.176. The van der Waals surface area contributed by atoms with Gasteiger partial charge < -0.3 is 9.72 Å². The lowest BCUT2D eigenvalue weighted by molar-refractivity contribution is 0.0867. The van der Waals surface area contributed by atoms with Crippen molar-refractivity contribution in [3.05, 3.63) is 23.0 Å². The van der Waals surface area contributed by atoms with E-state index in [-0.39, 0.29) is 5.78 Å². The van der Waals surface area contributed by atoms with Crippen molar-refractivity contribution in [2.75, 3.05) is 32.8 Å². The van der Waals surface area contributed by atoms with E-state index in [0.717, 1.165) is 36.6 Å². The van der Waals surface area contributed by atoms with Crippen molar-refractivity contribution >= 4 is 5.78 Å². The van der Waals surface area contributed by atoms with Gasteiger partial charge in [-0.25, -0.2) is 0 Å². The van der Waals surface area contributed by atoms with Gasteiger partial charge in [-0.15, -0.1) is 0 Å². The van der Waals surface area contributed by atoms with Crippen molar-refractivity contribution in [3.63, 3.8) is 0 Å². The summed E-state index contributed by atoms with van der Waals surface area (Å²) in [7, 11) is 0. The molecule has 0 unspecified atom stereocenters. The highest BCUT2D eigenvalue weighted by atomic mass is 16.5. The third-order valence-corrected chi connectivity index (χ3v) is 3.02. The van der Waals surface area contributed by atoms with Crippen molar-refractivity contribution in [3.8, 4) is 0 Å².